The Hall–Kier alpha value is -2.98. The first-order valence-corrected chi connectivity index (χ1v) is 10.1. The van der Waals surface area contributed by atoms with E-state index in [0.29, 0.717) is 5.57 Å². The summed E-state index contributed by atoms with van der Waals surface area (Å²) < 4.78 is 1.99. The standard InChI is InChI=1S/C25H27N3O/c1-17(2)22(29)16-28-18(3)27-23(24(28)20-8-5-4-6-9-20)19-10-12-21(13-11-19)25(26)14-7-15-25/h4-6,8-13H,1,7,14-16,26H2,2-3H3. The number of allylic oxidation sites excluding steroid dienone is 1. The predicted molar refractivity (Wildman–Crippen MR) is 117 cm³/mol. The quantitative estimate of drug-likeness (QED) is 0.607. The van der Waals surface area contributed by atoms with Crippen LogP contribution in [-0.4, -0.2) is 15.3 Å². The molecule has 1 aliphatic carbocycles. The van der Waals surface area contributed by atoms with E-state index in [9.17, 15) is 4.79 Å². The lowest BCUT2D eigenvalue weighted by Gasteiger charge is -2.38. The first-order valence-electron chi connectivity index (χ1n) is 10.1. The zero-order chi connectivity index (χ0) is 20.6. The number of imidazole rings is 1. The third-order valence-electron chi connectivity index (χ3n) is 5.96. The maximum Gasteiger partial charge on any atom is 0.177 e. The number of carbonyl (C=O) groups is 1. The molecule has 148 valence electrons. The van der Waals surface area contributed by atoms with Gasteiger partial charge in [0.2, 0.25) is 0 Å². The summed E-state index contributed by atoms with van der Waals surface area (Å²) in [5, 5.41) is 0. The zero-order valence-electron chi connectivity index (χ0n) is 17.1. The van der Waals surface area contributed by atoms with Crippen molar-refractivity contribution < 1.29 is 4.79 Å². The van der Waals surface area contributed by atoms with Gasteiger partial charge in [0.25, 0.3) is 0 Å². The van der Waals surface area contributed by atoms with Gasteiger partial charge in [-0.05, 0) is 44.2 Å². The SMILES string of the molecule is C=C(C)C(=O)Cn1c(C)nc(-c2ccc(C3(N)CCC3)cc2)c1-c1ccccc1. The molecule has 1 saturated carbocycles. The van der Waals surface area contributed by atoms with Crippen LogP contribution in [0.15, 0.2) is 66.7 Å². The number of hydrogen-bond acceptors (Lipinski definition) is 3. The number of carbonyl (C=O) groups excluding carboxylic acids is 1. The Morgan fingerprint density at radius 2 is 1.76 bits per heavy atom. The van der Waals surface area contributed by atoms with Crippen molar-refractivity contribution in [2.45, 2.75) is 45.2 Å². The first kappa shape index (κ1) is 19.3. The van der Waals surface area contributed by atoms with Crippen molar-refractivity contribution in [2.75, 3.05) is 0 Å². The second-order valence-corrected chi connectivity index (χ2v) is 8.10. The molecular weight excluding hydrogens is 358 g/mol. The van der Waals surface area contributed by atoms with E-state index in [1.807, 2.05) is 29.7 Å². The van der Waals surface area contributed by atoms with E-state index in [1.54, 1.807) is 6.92 Å². The minimum Gasteiger partial charge on any atom is -0.321 e. The normalized spacial score (nSPS) is 15.0. The van der Waals surface area contributed by atoms with Gasteiger partial charge in [0.15, 0.2) is 5.78 Å². The minimum absolute atomic E-state index is 0.0136. The zero-order valence-corrected chi connectivity index (χ0v) is 17.1. The smallest absolute Gasteiger partial charge is 0.177 e. The molecule has 0 aliphatic heterocycles. The molecule has 0 spiro atoms. The number of ketones is 1. The van der Waals surface area contributed by atoms with Crippen molar-refractivity contribution in [1.29, 1.82) is 0 Å². The van der Waals surface area contributed by atoms with Crippen LogP contribution in [0.2, 0.25) is 0 Å². The number of aromatic nitrogens is 2. The van der Waals surface area contributed by atoms with E-state index in [1.165, 1.54) is 12.0 Å². The molecule has 1 aliphatic rings. The summed E-state index contributed by atoms with van der Waals surface area (Å²) in [6, 6.07) is 18.5. The predicted octanol–water partition coefficient (Wildman–Crippen LogP) is 5.01. The number of hydrogen-bond donors (Lipinski definition) is 1. The summed E-state index contributed by atoms with van der Waals surface area (Å²) in [5.74, 6) is 0.825. The maximum absolute atomic E-state index is 12.4. The Labute approximate surface area is 172 Å². The van der Waals surface area contributed by atoms with Gasteiger partial charge in [0.1, 0.15) is 5.82 Å². The molecule has 2 N–H and O–H groups in total. The van der Waals surface area contributed by atoms with Crippen molar-refractivity contribution in [2.24, 2.45) is 5.73 Å². The van der Waals surface area contributed by atoms with Crippen LogP contribution in [0.4, 0.5) is 0 Å². The largest absolute Gasteiger partial charge is 0.321 e. The number of aryl methyl sites for hydroxylation is 1. The number of rotatable bonds is 6. The van der Waals surface area contributed by atoms with Gasteiger partial charge in [0, 0.05) is 16.7 Å². The molecule has 0 bridgehead atoms. The summed E-state index contributed by atoms with van der Waals surface area (Å²) in [4.78, 5) is 17.3. The second kappa shape index (κ2) is 7.45. The molecule has 0 amide bonds. The van der Waals surface area contributed by atoms with Crippen LogP contribution in [0, 0.1) is 6.92 Å². The molecule has 1 aromatic heterocycles. The van der Waals surface area contributed by atoms with Crippen LogP contribution in [0.5, 0.6) is 0 Å². The van der Waals surface area contributed by atoms with Gasteiger partial charge in [-0.3, -0.25) is 4.79 Å². The highest BCUT2D eigenvalue weighted by Crippen LogP contribution is 2.40. The number of benzene rings is 2. The fraction of sp³-hybridized carbons (Fsp3) is 0.280. The van der Waals surface area contributed by atoms with Crippen molar-refractivity contribution in [3.63, 3.8) is 0 Å². The molecule has 4 rings (SSSR count). The summed E-state index contributed by atoms with van der Waals surface area (Å²) in [7, 11) is 0. The summed E-state index contributed by atoms with van der Waals surface area (Å²) in [6.45, 7) is 7.73. The topological polar surface area (TPSA) is 60.9 Å². The van der Waals surface area contributed by atoms with Crippen LogP contribution in [0.25, 0.3) is 22.5 Å². The van der Waals surface area contributed by atoms with Crippen LogP contribution < -0.4 is 5.73 Å². The van der Waals surface area contributed by atoms with E-state index < -0.39 is 0 Å². The molecule has 0 atom stereocenters. The highest BCUT2D eigenvalue weighted by atomic mass is 16.1. The lowest BCUT2D eigenvalue weighted by atomic mass is 9.72. The molecule has 4 nitrogen and oxygen atoms in total. The molecular formula is C25H27N3O. The van der Waals surface area contributed by atoms with Crippen molar-refractivity contribution in [1.82, 2.24) is 9.55 Å². The average Bonchev–Trinajstić information content (AvgIpc) is 3.03. The Balaban J connectivity index is 1.81. The third kappa shape index (κ3) is 3.56. The molecule has 29 heavy (non-hydrogen) atoms. The number of nitrogens with two attached hydrogens (primary N) is 1. The van der Waals surface area contributed by atoms with Gasteiger partial charge in [0.05, 0.1) is 17.9 Å². The highest BCUT2D eigenvalue weighted by molar-refractivity contribution is 5.94. The van der Waals surface area contributed by atoms with Gasteiger partial charge in [-0.25, -0.2) is 4.98 Å². The van der Waals surface area contributed by atoms with Gasteiger partial charge >= 0.3 is 0 Å². The second-order valence-electron chi connectivity index (χ2n) is 8.10. The van der Waals surface area contributed by atoms with Gasteiger partial charge in [-0.2, -0.15) is 0 Å². The Bertz CT molecular complexity index is 1060. The fourth-order valence-electron chi connectivity index (χ4n) is 3.93. The Morgan fingerprint density at radius 3 is 2.31 bits per heavy atom. The highest BCUT2D eigenvalue weighted by Gasteiger charge is 2.34. The molecule has 1 fully saturated rings. The van der Waals surface area contributed by atoms with Crippen molar-refractivity contribution in [3.8, 4) is 22.5 Å². The number of nitrogens with zero attached hydrogens (tertiary/aromatic N) is 2. The molecule has 0 unspecified atom stereocenters. The summed E-state index contributed by atoms with van der Waals surface area (Å²) in [6.07, 6.45) is 3.27. The summed E-state index contributed by atoms with van der Waals surface area (Å²) in [5.41, 5.74) is 11.9. The fourth-order valence-corrected chi connectivity index (χ4v) is 3.93. The van der Waals surface area contributed by atoms with E-state index >= 15 is 0 Å². The molecule has 2 aromatic carbocycles. The minimum atomic E-state index is -0.177. The van der Waals surface area contributed by atoms with Gasteiger partial charge in [-0.1, -0.05) is 61.2 Å². The van der Waals surface area contributed by atoms with E-state index in [-0.39, 0.29) is 17.9 Å². The molecule has 0 radical (unpaired) electrons. The lowest BCUT2D eigenvalue weighted by Crippen LogP contribution is -2.43. The lowest BCUT2D eigenvalue weighted by molar-refractivity contribution is -0.116. The van der Waals surface area contributed by atoms with Crippen molar-refractivity contribution in [3.05, 3.63) is 78.1 Å². The summed E-state index contributed by atoms with van der Waals surface area (Å²) >= 11 is 0. The Morgan fingerprint density at radius 1 is 1.10 bits per heavy atom. The Kier molecular flexibility index (Phi) is 4.97. The van der Waals surface area contributed by atoms with Crippen LogP contribution >= 0.6 is 0 Å². The third-order valence-corrected chi connectivity index (χ3v) is 5.96. The van der Waals surface area contributed by atoms with Crippen LogP contribution in [-0.2, 0) is 16.9 Å². The maximum atomic E-state index is 12.4. The molecule has 1 heterocycles. The monoisotopic (exact) mass is 385 g/mol. The van der Waals surface area contributed by atoms with E-state index in [0.717, 1.165) is 41.2 Å². The molecule has 0 saturated heterocycles. The molecule has 4 heteroatoms. The van der Waals surface area contributed by atoms with Gasteiger partial charge < -0.3 is 10.3 Å². The van der Waals surface area contributed by atoms with Gasteiger partial charge in [-0.15, -0.1) is 0 Å². The van der Waals surface area contributed by atoms with Crippen molar-refractivity contribution >= 4 is 5.78 Å². The van der Waals surface area contributed by atoms with E-state index in [4.69, 9.17) is 10.7 Å². The first-order chi connectivity index (χ1) is 13.9. The van der Waals surface area contributed by atoms with Crippen LogP contribution in [0.1, 0.15) is 37.6 Å². The van der Waals surface area contributed by atoms with E-state index in [2.05, 4.69) is 43.0 Å². The molecule has 3 aromatic rings. The average molecular weight is 386 g/mol. The van der Waals surface area contributed by atoms with Crippen LogP contribution in [0.3, 0.4) is 0 Å². The number of Topliss-reactive ketones (excluding diaryl/α,β-unsaturated/α-hetero) is 1.